The van der Waals surface area contributed by atoms with Crippen molar-refractivity contribution in [3.63, 3.8) is 0 Å². The van der Waals surface area contributed by atoms with Gasteiger partial charge in [-0.15, -0.1) is 0 Å². The third-order valence-electron chi connectivity index (χ3n) is 4.97. The van der Waals surface area contributed by atoms with Crippen LogP contribution in [0.3, 0.4) is 0 Å². The molecule has 0 amide bonds. The van der Waals surface area contributed by atoms with Gasteiger partial charge in [0.05, 0.1) is 0 Å². The van der Waals surface area contributed by atoms with Gasteiger partial charge in [-0.1, -0.05) is 17.7 Å². The summed E-state index contributed by atoms with van der Waals surface area (Å²) in [5.41, 5.74) is 4.72. The highest BCUT2D eigenvalue weighted by molar-refractivity contribution is 5.53. The average molecular weight is 380 g/mol. The first-order chi connectivity index (χ1) is 13.2. The third-order valence-corrected chi connectivity index (χ3v) is 4.97. The second kappa shape index (κ2) is 7.35. The Morgan fingerprint density at radius 2 is 0.893 bits per heavy atom. The van der Waals surface area contributed by atoms with Gasteiger partial charge >= 0.3 is 0 Å². The maximum atomic E-state index is 10.8. The molecule has 0 heterocycles. The Morgan fingerprint density at radius 3 is 1.29 bits per heavy atom. The SMILES string of the molecule is Cc1cc(Cc2cc(C)c(O)cc2O)c(O)c(Cc2cc(C)c(O)cc2O)c1. The highest BCUT2D eigenvalue weighted by Gasteiger charge is 2.15. The minimum absolute atomic E-state index is 0.0218. The van der Waals surface area contributed by atoms with Crippen molar-refractivity contribution < 1.29 is 25.5 Å². The molecule has 3 rings (SSSR count). The van der Waals surface area contributed by atoms with E-state index in [1.54, 1.807) is 26.0 Å². The molecule has 0 spiro atoms. The van der Waals surface area contributed by atoms with E-state index in [0.717, 1.165) is 5.56 Å². The summed E-state index contributed by atoms with van der Waals surface area (Å²) in [6.07, 6.45) is 0.599. The molecule has 0 saturated carbocycles. The Balaban J connectivity index is 1.99. The molecule has 0 aliphatic carbocycles. The summed E-state index contributed by atoms with van der Waals surface area (Å²) in [6.45, 7) is 5.40. The third kappa shape index (κ3) is 3.83. The highest BCUT2D eigenvalue weighted by Crippen LogP contribution is 2.35. The highest BCUT2D eigenvalue weighted by atomic mass is 16.3. The molecule has 5 nitrogen and oxygen atoms in total. The predicted octanol–water partition coefficient (Wildman–Crippen LogP) is 4.32. The van der Waals surface area contributed by atoms with E-state index in [4.69, 9.17) is 0 Å². The lowest BCUT2D eigenvalue weighted by Crippen LogP contribution is -1.98. The molecule has 0 saturated heterocycles. The van der Waals surface area contributed by atoms with Gasteiger partial charge in [-0.05, 0) is 66.3 Å². The van der Waals surface area contributed by atoms with Gasteiger partial charge in [-0.2, -0.15) is 0 Å². The number of hydrogen-bond donors (Lipinski definition) is 5. The second-order valence-electron chi connectivity index (χ2n) is 7.32. The van der Waals surface area contributed by atoms with Gasteiger partial charge < -0.3 is 25.5 Å². The molecule has 0 fully saturated rings. The molecule has 0 bridgehead atoms. The standard InChI is InChI=1S/C23H24O5/c1-12-4-17(8-15-6-13(2)19(24)10-21(15)26)23(28)18(5-12)9-16-7-14(3)20(25)11-22(16)27/h4-7,10-11,24-28H,8-9H2,1-3H3. The van der Waals surface area contributed by atoms with Crippen molar-refractivity contribution in [2.24, 2.45) is 0 Å². The molecule has 3 aromatic rings. The average Bonchev–Trinajstić information content (AvgIpc) is 2.61. The van der Waals surface area contributed by atoms with Crippen LogP contribution in [0.1, 0.15) is 38.9 Å². The lowest BCUT2D eigenvalue weighted by atomic mass is 9.93. The van der Waals surface area contributed by atoms with Crippen molar-refractivity contribution in [1.29, 1.82) is 0 Å². The molecule has 3 aromatic carbocycles. The van der Waals surface area contributed by atoms with Crippen molar-refractivity contribution in [2.75, 3.05) is 0 Å². The number of aryl methyl sites for hydroxylation is 3. The van der Waals surface area contributed by atoms with Crippen LogP contribution in [0.4, 0.5) is 0 Å². The van der Waals surface area contributed by atoms with Crippen LogP contribution in [-0.4, -0.2) is 25.5 Å². The Hall–Kier alpha value is -3.34. The first-order valence-corrected chi connectivity index (χ1v) is 9.00. The molecular weight excluding hydrogens is 356 g/mol. The van der Waals surface area contributed by atoms with Gasteiger partial charge in [0.25, 0.3) is 0 Å². The predicted molar refractivity (Wildman–Crippen MR) is 107 cm³/mol. The Morgan fingerprint density at radius 1 is 0.500 bits per heavy atom. The number of aromatic hydroxyl groups is 5. The molecule has 0 aliphatic rings. The fourth-order valence-electron chi connectivity index (χ4n) is 3.39. The van der Waals surface area contributed by atoms with Crippen LogP contribution in [0.25, 0.3) is 0 Å². The molecule has 0 radical (unpaired) electrons. The van der Waals surface area contributed by atoms with E-state index in [0.29, 0.717) is 46.2 Å². The van der Waals surface area contributed by atoms with E-state index in [1.165, 1.54) is 12.1 Å². The van der Waals surface area contributed by atoms with Crippen LogP contribution in [0.2, 0.25) is 0 Å². The van der Waals surface area contributed by atoms with Gasteiger partial charge in [-0.25, -0.2) is 0 Å². The summed E-state index contributed by atoms with van der Waals surface area (Å²) < 4.78 is 0. The summed E-state index contributed by atoms with van der Waals surface area (Å²) in [5.74, 6) is 0.0812. The molecule has 0 aliphatic heterocycles. The van der Waals surface area contributed by atoms with Crippen molar-refractivity contribution in [3.8, 4) is 28.7 Å². The lowest BCUT2D eigenvalue weighted by molar-refractivity contribution is 0.442. The summed E-state index contributed by atoms with van der Waals surface area (Å²) in [4.78, 5) is 0. The van der Waals surface area contributed by atoms with Crippen LogP contribution in [0.5, 0.6) is 28.7 Å². The Labute approximate surface area is 163 Å². The van der Waals surface area contributed by atoms with Crippen molar-refractivity contribution >= 4 is 0 Å². The maximum Gasteiger partial charge on any atom is 0.122 e. The topological polar surface area (TPSA) is 101 Å². The second-order valence-corrected chi connectivity index (χ2v) is 7.32. The van der Waals surface area contributed by atoms with Gasteiger partial charge in [0, 0.05) is 25.0 Å². The number of benzene rings is 3. The van der Waals surface area contributed by atoms with Gasteiger partial charge in [0.2, 0.25) is 0 Å². The van der Waals surface area contributed by atoms with Crippen LogP contribution >= 0.6 is 0 Å². The fraction of sp³-hybridized carbons (Fsp3) is 0.217. The van der Waals surface area contributed by atoms with Gasteiger partial charge in [-0.3, -0.25) is 0 Å². The number of rotatable bonds is 4. The van der Waals surface area contributed by atoms with E-state index in [1.807, 2.05) is 19.1 Å². The molecular formula is C23H24O5. The van der Waals surface area contributed by atoms with E-state index >= 15 is 0 Å². The quantitative estimate of drug-likeness (QED) is 0.464. The first kappa shape index (κ1) is 19.4. The Kier molecular flexibility index (Phi) is 5.10. The zero-order chi connectivity index (χ0) is 20.6. The normalized spacial score (nSPS) is 11.0. The summed E-state index contributed by atoms with van der Waals surface area (Å²) in [5, 5.41) is 50.5. The Bertz CT molecular complexity index is 973. The molecule has 146 valence electrons. The zero-order valence-corrected chi connectivity index (χ0v) is 16.1. The first-order valence-electron chi connectivity index (χ1n) is 9.00. The summed E-state index contributed by atoms with van der Waals surface area (Å²) in [6, 6.07) is 9.69. The van der Waals surface area contributed by atoms with Crippen molar-refractivity contribution in [2.45, 2.75) is 33.6 Å². The van der Waals surface area contributed by atoms with Crippen molar-refractivity contribution in [1.82, 2.24) is 0 Å². The molecule has 28 heavy (non-hydrogen) atoms. The molecule has 5 N–H and O–H groups in total. The van der Waals surface area contributed by atoms with Crippen LogP contribution < -0.4 is 0 Å². The van der Waals surface area contributed by atoms with E-state index < -0.39 is 0 Å². The number of phenolic OH excluding ortho intramolecular Hbond substituents is 5. The maximum absolute atomic E-state index is 10.8. The fourth-order valence-corrected chi connectivity index (χ4v) is 3.39. The van der Waals surface area contributed by atoms with Crippen LogP contribution in [0.15, 0.2) is 36.4 Å². The van der Waals surface area contributed by atoms with Crippen LogP contribution in [0, 0.1) is 20.8 Å². The molecule has 0 aromatic heterocycles. The molecule has 0 unspecified atom stereocenters. The largest absolute Gasteiger partial charge is 0.508 e. The molecule has 0 atom stereocenters. The lowest BCUT2D eigenvalue weighted by Gasteiger charge is -2.15. The van der Waals surface area contributed by atoms with E-state index in [9.17, 15) is 25.5 Å². The van der Waals surface area contributed by atoms with Crippen molar-refractivity contribution in [3.05, 3.63) is 75.3 Å². The van der Waals surface area contributed by atoms with Gasteiger partial charge in [0.1, 0.15) is 28.7 Å². The van der Waals surface area contributed by atoms with E-state index in [2.05, 4.69) is 0 Å². The van der Waals surface area contributed by atoms with Gasteiger partial charge in [0.15, 0.2) is 0 Å². The summed E-state index contributed by atoms with van der Waals surface area (Å²) >= 11 is 0. The number of hydrogen-bond acceptors (Lipinski definition) is 5. The van der Waals surface area contributed by atoms with Crippen LogP contribution in [-0.2, 0) is 12.8 Å². The zero-order valence-electron chi connectivity index (χ0n) is 16.1. The smallest absolute Gasteiger partial charge is 0.122 e. The number of phenols is 5. The monoisotopic (exact) mass is 380 g/mol. The minimum atomic E-state index is -0.0302. The minimum Gasteiger partial charge on any atom is -0.508 e. The molecule has 5 heteroatoms. The van der Waals surface area contributed by atoms with E-state index in [-0.39, 0.29) is 28.7 Å². The summed E-state index contributed by atoms with van der Waals surface area (Å²) in [7, 11) is 0.